The molecule has 1 amide bonds. The Morgan fingerprint density at radius 2 is 1.83 bits per heavy atom. The van der Waals surface area contributed by atoms with Crippen molar-refractivity contribution in [1.29, 1.82) is 0 Å². The standard InChI is InChI=1S/C22H18F4N2O2/c1-11-18(20(29)19-15(22(24,25)26)6-3-7-16(19)23)14-10-13(8-9-17(14)27-11)28-21(30)12-4-2-5-12/h3,6-10,12,27H,2,4-5H2,1H3,(H,28,30). The molecule has 1 aliphatic rings. The van der Waals surface area contributed by atoms with Crippen LogP contribution in [-0.4, -0.2) is 16.7 Å². The molecule has 0 radical (unpaired) electrons. The Morgan fingerprint density at radius 3 is 2.47 bits per heavy atom. The van der Waals surface area contributed by atoms with Crippen molar-refractivity contribution in [2.24, 2.45) is 5.92 Å². The van der Waals surface area contributed by atoms with E-state index < -0.39 is 28.9 Å². The van der Waals surface area contributed by atoms with Crippen LogP contribution in [0.1, 0.15) is 46.4 Å². The van der Waals surface area contributed by atoms with Crippen molar-refractivity contribution in [2.75, 3.05) is 5.32 Å². The van der Waals surface area contributed by atoms with Crippen molar-refractivity contribution in [3.05, 3.63) is 64.6 Å². The highest BCUT2D eigenvalue weighted by Gasteiger charge is 2.37. The largest absolute Gasteiger partial charge is 0.417 e. The molecule has 4 rings (SSSR count). The second kappa shape index (κ2) is 7.27. The van der Waals surface area contributed by atoms with Crippen LogP contribution >= 0.6 is 0 Å². The van der Waals surface area contributed by atoms with Crippen LogP contribution in [0.25, 0.3) is 10.9 Å². The lowest BCUT2D eigenvalue weighted by molar-refractivity contribution is -0.138. The number of carbonyl (C=O) groups excluding carboxylic acids is 2. The van der Waals surface area contributed by atoms with E-state index in [1.807, 2.05) is 0 Å². The quantitative estimate of drug-likeness (QED) is 0.428. The average molecular weight is 418 g/mol. The minimum Gasteiger partial charge on any atom is -0.358 e. The van der Waals surface area contributed by atoms with E-state index in [0.717, 1.165) is 31.4 Å². The molecule has 1 fully saturated rings. The number of halogens is 4. The molecule has 0 bridgehead atoms. The Bertz CT molecular complexity index is 1160. The molecular formula is C22H18F4N2O2. The fraction of sp³-hybridized carbons (Fsp3) is 0.273. The van der Waals surface area contributed by atoms with E-state index in [0.29, 0.717) is 28.4 Å². The molecule has 2 N–H and O–H groups in total. The van der Waals surface area contributed by atoms with Crippen LogP contribution < -0.4 is 5.32 Å². The summed E-state index contributed by atoms with van der Waals surface area (Å²) in [6, 6.07) is 7.23. The van der Waals surface area contributed by atoms with Gasteiger partial charge >= 0.3 is 6.18 Å². The molecule has 3 aromatic rings. The third-order valence-corrected chi connectivity index (χ3v) is 5.50. The van der Waals surface area contributed by atoms with Crippen LogP contribution in [0.4, 0.5) is 23.2 Å². The van der Waals surface area contributed by atoms with E-state index in [9.17, 15) is 27.2 Å². The van der Waals surface area contributed by atoms with Crippen molar-refractivity contribution >= 4 is 28.3 Å². The van der Waals surface area contributed by atoms with Gasteiger partial charge in [0, 0.05) is 28.2 Å². The highest BCUT2D eigenvalue weighted by atomic mass is 19.4. The summed E-state index contributed by atoms with van der Waals surface area (Å²) >= 11 is 0. The maximum atomic E-state index is 14.4. The summed E-state index contributed by atoms with van der Waals surface area (Å²) in [7, 11) is 0. The lowest BCUT2D eigenvalue weighted by Crippen LogP contribution is -2.27. The molecule has 0 aliphatic heterocycles. The molecule has 30 heavy (non-hydrogen) atoms. The number of aromatic nitrogens is 1. The summed E-state index contributed by atoms with van der Waals surface area (Å²) in [5.41, 5.74) is -1.15. The first kappa shape index (κ1) is 20.1. The second-order valence-corrected chi connectivity index (χ2v) is 7.49. The lowest BCUT2D eigenvalue weighted by atomic mass is 9.85. The molecule has 4 nitrogen and oxygen atoms in total. The number of ketones is 1. The predicted molar refractivity (Wildman–Crippen MR) is 104 cm³/mol. The fourth-order valence-electron chi connectivity index (χ4n) is 3.73. The molecule has 1 aromatic heterocycles. The second-order valence-electron chi connectivity index (χ2n) is 7.49. The number of nitrogens with one attached hydrogen (secondary N) is 2. The maximum Gasteiger partial charge on any atom is 0.417 e. The number of amides is 1. The SMILES string of the molecule is Cc1[nH]c2ccc(NC(=O)C3CCC3)cc2c1C(=O)c1c(F)cccc1C(F)(F)F. The summed E-state index contributed by atoms with van der Waals surface area (Å²) in [6.07, 6.45) is -2.25. The van der Waals surface area contributed by atoms with Crippen LogP contribution in [0, 0.1) is 18.7 Å². The Morgan fingerprint density at radius 1 is 1.10 bits per heavy atom. The molecule has 0 saturated heterocycles. The van der Waals surface area contributed by atoms with Gasteiger partial charge in [0.05, 0.1) is 16.7 Å². The monoisotopic (exact) mass is 418 g/mol. The van der Waals surface area contributed by atoms with Crippen molar-refractivity contribution in [1.82, 2.24) is 4.98 Å². The predicted octanol–water partition coefficient (Wildman–Crippen LogP) is 5.60. The Labute approximate surface area is 169 Å². The normalized spacial score (nSPS) is 14.6. The highest BCUT2D eigenvalue weighted by molar-refractivity contribution is 6.18. The molecule has 8 heteroatoms. The number of fused-ring (bicyclic) bond motifs is 1. The zero-order valence-corrected chi connectivity index (χ0v) is 16.0. The zero-order valence-electron chi connectivity index (χ0n) is 16.0. The van der Waals surface area contributed by atoms with Gasteiger partial charge in [-0.25, -0.2) is 4.39 Å². The molecular weight excluding hydrogens is 400 g/mol. The Kier molecular flexibility index (Phi) is 4.88. The minimum absolute atomic E-state index is 0.0532. The Hall–Kier alpha value is -3.16. The minimum atomic E-state index is -4.88. The molecule has 156 valence electrons. The number of aryl methyl sites for hydroxylation is 1. The highest BCUT2D eigenvalue weighted by Crippen LogP contribution is 2.36. The van der Waals surface area contributed by atoms with Gasteiger partial charge in [0.25, 0.3) is 0 Å². The topological polar surface area (TPSA) is 62.0 Å². The van der Waals surface area contributed by atoms with Crippen molar-refractivity contribution in [3.63, 3.8) is 0 Å². The molecule has 0 spiro atoms. The summed E-state index contributed by atoms with van der Waals surface area (Å²) in [5.74, 6) is -2.48. The molecule has 1 heterocycles. The summed E-state index contributed by atoms with van der Waals surface area (Å²) < 4.78 is 54.5. The molecule has 2 aromatic carbocycles. The van der Waals surface area contributed by atoms with Gasteiger partial charge in [-0.3, -0.25) is 9.59 Å². The molecule has 0 atom stereocenters. The number of hydrogen-bond donors (Lipinski definition) is 2. The van der Waals surface area contributed by atoms with E-state index in [2.05, 4.69) is 10.3 Å². The van der Waals surface area contributed by atoms with Crippen LogP contribution in [0.3, 0.4) is 0 Å². The van der Waals surface area contributed by atoms with Gasteiger partial charge in [0.1, 0.15) is 5.82 Å². The van der Waals surface area contributed by atoms with Gasteiger partial charge < -0.3 is 10.3 Å². The van der Waals surface area contributed by atoms with Gasteiger partial charge in [0.2, 0.25) is 5.91 Å². The van der Waals surface area contributed by atoms with E-state index in [-0.39, 0.29) is 17.4 Å². The van der Waals surface area contributed by atoms with Crippen LogP contribution in [0.2, 0.25) is 0 Å². The van der Waals surface area contributed by atoms with Crippen LogP contribution in [0.5, 0.6) is 0 Å². The van der Waals surface area contributed by atoms with Crippen molar-refractivity contribution < 1.29 is 27.2 Å². The first-order chi connectivity index (χ1) is 14.2. The van der Waals surface area contributed by atoms with Crippen molar-refractivity contribution in [2.45, 2.75) is 32.4 Å². The average Bonchev–Trinajstić information content (AvgIpc) is 2.93. The Balaban J connectivity index is 1.79. The first-order valence-corrected chi connectivity index (χ1v) is 9.50. The van der Waals surface area contributed by atoms with E-state index in [1.54, 1.807) is 12.1 Å². The third kappa shape index (κ3) is 3.46. The summed E-state index contributed by atoms with van der Waals surface area (Å²) in [5, 5.41) is 3.10. The van der Waals surface area contributed by atoms with Crippen LogP contribution in [0.15, 0.2) is 36.4 Å². The third-order valence-electron chi connectivity index (χ3n) is 5.50. The van der Waals surface area contributed by atoms with E-state index in [4.69, 9.17) is 0 Å². The number of anilines is 1. The van der Waals surface area contributed by atoms with Gasteiger partial charge in [-0.05, 0) is 50.1 Å². The maximum absolute atomic E-state index is 14.4. The van der Waals surface area contributed by atoms with E-state index >= 15 is 0 Å². The lowest BCUT2D eigenvalue weighted by Gasteiger charge is -2.24. The molecule has 1 aliphatic carbocycles. The van der Waals surface area contributed by atoms with Crippen molar-refractivity contribution in [3.8, 4) is 0 Å². The van der Waals surface area contributed by atoms with Gasteiger partial charge in [-0.15, -0.1) is 0 Å². The fourth-order valence-corrected chi connectivity index (χ4v) is 3.73. The number of aromatic amines is 1. The first-order valence-electron chi connectivity index (χ1n) is 9.50. The molecule has 1 saturated carbocycles. The van der Waals surface area contributed by atoms with Gasteiger partial charge in [-0.2, -0.15) is 13.2 Å². The van der Waals surface area contributed by atoms with Crippen LogP contribution in [-0.2, 0) is 11.0 Å². The van der Waals surface area contributed by atoms with Gasteiger partial charge in [-0.1, -0.05) is 12.5 Å². The number of benzene rings is 2. The summed E-state index contributed by atoms with van der Waals surface area (Å²) in [4.78, 5) is 28.2. The number of alkyl halides is 3. The smallest absolute Gasteiger partial charge is 0.358 e. The van der Waals surface area contributed by atoms with E-state index in [1.165, 1.54) is 13.0 Å². The zero-order chi connectivity index (χ0) is 21.6. The number of rotatable bonds is 4. The molecule has 0 unspecified atom stereocenters. The van der Waals surface area contributed by atoms with Gasteiger partial charge in [0.15, 0.2) is 5.78 Å². The number of carbonyl (C=O) groups is 2. The number of H-pyrrole nitrogens is 1. The summed E-state index contributed by atoms with van der Waals surface area (Å²) in [6.45, 7) is 1.54. The number of hydrogen-bond acceptors (Lipinski definition) is 2.